The summed E-state index contributed by atoms with van der Waals surface area (Å²) in [6.07, 6.45) is 8.64. The monoisotopic (exact) mass is 279 g/mol. The molecule has 106 valence electrons. The molecule has 2 nitrogen and oxygen atoms in total. The van der Waals surface area contributed by atoms with Gasteiger partial charge in [-0.25, -0.2) is 0 Å². The van der Waals surface area contributed by atoms with Gasteiger partial charge in [-0.2, -0.15) is 0 Å². The maximum Gasteiger partial charge on any atom is 0.0661 e. The largest absolute Gasteiger partial charge is 0.378 e. The lowest BCUT2D eigenvalue weighted by atomic mass is 9.55. The first-order valence-corrected chi connectivity index (χ1v) is 8.60. The van der Waals surface area contributed by atoms with Gasteiger partial charge in [-0.3, -0.25) is 0 Å². The van der Waals surface area contributed by atoms with E-state index in [1.807, 2.05) is 11.3 Å². The second kappa shape index (κ2) is 5.94. The lowest BCUT2D eigenvalue weighted by molar-refractivity contribution is -0.150. The second-order valence-corrected chi connectivity index (χ2v) is 7.02. The van der Waals surface area contributed by atoms with E-state index in [-0.39, 0.29) is 0 Å². The minimum atomic E-state index is 0.450. The van der Waals surface area contributed by atoms with Crippen LogP contribution in [0.15, 0.2) is 17.5 Å². The first kappa shape index (κ1) is 13.6. The molecule has 0 aliphatic heterocycles. The molecule has 0 saturated heterocycles. The molecule has 1 aromatic rings. The van der Waals surface area contributed by atoms with Crippen LogP contribution in [0.2, 0.25) is 0 Å². The minimum absolute atomic E-state index is 0.450. The van der Waals surface area contributed by atoms with Gasteiger partial charge in [0.15, 0.2) is 0 Å². The van der Waals surface area contributed by atoms with Gasteiger partial charge in [-0.15, -0.1) is 11.3 Å². The zero-order valence-electron chi connectivity index (χ0n) is 11.9. The lowest BCUT2D eigenvalue weighted by Crippen LogP contribution is -2.64. The molecule has 0 unspecified atom stereocenters. The molecule has 1 N–H and O–H groups in total. The highest BCUT2D eigenvalue weighted by Crippen LogP contribution is 2.53. The van der Waals surface area contributed by atoms with Crippen LogP contribution >= 0.6 is 11.3 Å². The summed E-state index contributed by atoms with van der Waals surface area (Å²) in [6, 6.07) is 5.04. The van der Waals surface area contributed by atoms with E-state index >= 15 is 0 Å². The van der Waals surface area contributed by atoms with Crippen molar-refractivity contribution in [3.05, 3.63) is 22.4 Å². The van der Waals surface area contributed by atoms with Crippen LogP contribution < -0.4 is 5.32 Å². The van der Waals surface area contributed by atoms with Crippen molar-refractivity contribution in [2.45, 2.75) is 64.1 Å². The van der Waals surface area contributed by atoms with E-state index in [1.54, 1.807) is 0 Å². The summed E-state index contributed by atoms with van der Waals surface area (Å²) < 4.78 is 6.00. The Hall–Kier alpha value is -0.380. The summed E-state index contributed by atoms with van der Waals surface area (Å²) in [5.74, 6) is 0. The molecule has 2 saturated carbocycles. The molecule has 2 fully saturated rings. The molecule has 0 amide bonds. The Balaban J connectivity index is 1.61. The molecule has 1 spiro atoms. The summed E-state index contributed by atoms with van der Waals surface area (Å²) in [6.45, 7) is 4.02. The number of thiophene rings is 1. The van der Waals surface area contributed by atoms with Crippen LogP contribution in [0.3, 0.4) is 0 Å². The van der Waals surface area contributed by atoms with Crippen molar-refractivity contribution in [1.29, 1.82) is 0 Å². The van der Waals surface area contributed by atoms with Crippen LogP contribution in [0.1, 0.15) is 50.3 Å². The van der Waals surface area contributed by atoms with Crippen molar-refractivity contribution >= 4 is 11.3 Å². The molecule has 19 heavy (non-hydrogen) atoms. The maximum absolute atomic E-state index is 6.00. The van der Waals surface area contributed by atoms with Crippen LogP contribution in [0.5, 0.6) is 0 Å². The van der Waals surface area contributed by atoms with E-state index in [0.717, 1.165) is 13.2 Å². The molecule has 1 heterocycles. The van der Waals surface area contributed by atoms with E-state index in [4.69, 9.17) is 4.74 Å². The fraction of sp³-hybridized carbons (Fsp3) is 0.750. The highest BCUT2D eigenvalue weighted by molar-refractivity contribution is 7.09. The predicted octanol–water partition coefficient (Wildman–Crippen LogP) is 3.97. The van der Waals surface area contributed by atoms with E-state index in [9.17, 15) is 0 Å². The Morgan fingerprint density at radius 2 is 2.21 bits per heavy atom. The van der Waals surface area contributed by atoms with Crippen molar-refractivity contribution < 1.29 is 4.74 Å². The summed E-state index contributed by atoms with van der Waals surface area (Å²) >= 11 is 1.85. The Morgan fingerprint density at radius 1 is 1.37 bits per heavy atom. The van der Waals surface area contributed by atoms with Gasteiger partial charge < -0.3 is 10.1 Å². The van der Waals surface area contributed by atoms with Gasteiger partial charge in [0.1, 0.15) is 0 Å². The minimum Gasteiger partial charge on any atom is -0.378 e. The number of hydrogen-bond donors (Lipinski definition) is 1. The quantitative estimate of drug-likeness (QED) is 0.880. The highest BCUT2D eigenvalue weighted by atomic mass is 32.1. The van der Waals surface area contributed by atoms with Crippen molar-refractivity contribution in [3.63, 3.8) is 0 Å². The van der Waals surface area contributed by atoms with Crippen LogP contribution in [-0.4, -0.2) is 18.8 Å². The molecular weight excluding hydrogens is 254 g/mol. The van der Waals surface area contributed by atoms with Crippen molar-refractivity contribution in [2.24, 2.45) is 5.41 Å². The summed E-state index contributed by atoms with van der Waals surface area (Å²) in [5, 5.41) is 5.96. The predicted molar refractivity (Wildman–Crippen MR) is 80.5 cm³/mol. The van der Waals surface area contributed by atoms with Crippen LogP contribution in [0, 0.1) is 5.41 Å². The fourth-order valence-corrected chi connectivity index (χ4v) is 4.64. The molecule has 2 atom stereocenters. The normalized spacial score (nSPS) is 29.3. The molecule has 0 radical (unpaired) electrons. The van der Waals surface area contributed by atoms with Gasteiger partial charge in [0.25, 0.3) is 0 Å². The summed E-state index contributed by atoms with van der Waals surface area (Å²) in [7, 11) is 0. The van der Waals surface area contributed by atoms with Crippen molar-refractivity contribution in [3.8, 4) is 0 Å². The Kier molecular flexibility index (Phi) is 4.25. The first-order chi connectivity index (χ1) is 9.35. The average Bonchev–Trinajstić information content (AvgIpc) is 2.96. The Morgan fingerprint density at radius 3 is 2.89 bits per heavy atom. The fourth-order valence-electron chi connectivity index (χ4n) is 3.99. The Labute approximate surface area is 120 Å². The van der Waals surface area contributed by atoms with Gasteiger partial charge in [-0.1, -0.05) is 25.3 Å². The van der Waals surface area contributed by atoms with Crippen LogP contribution in [0.4, 0.5) is 0 Å². The zero-order valence-corrected chi connectivity index (χ0v) is 12.7. The molecule has 0 bridgehead atoms. The molecule has 3 heteroatoms. The lowest BCUT2D eigenvalue weighted by Gasteiger charge is -2.58. The van der Waals surface area contributed by atoms with E-state index in [2.05, 4.69) is 29.8 Å². The number of rotatable bonds is 5. The van der Waals surface area contributed by atoms with Gasteiger partial charge >= 0.3 is 0 Å². The van der Waals surface area contributed by atoms with Gasteiger partial charge in [0.2, 0.25) is 0 Å². The summed E-state index contributed by atoms with van der Waals surface area (Å²) in [5.41, 5.74) is 0.450. The molecule has 2 aliphatic rings. The molecule has 0 aromatic carbocycles. The number of nitrogens with one attached hydrogen (secondary N) is 1. The third kappa shape index (κ3) is 2.61. The average molecular weight is 279 g/mol. The number of ether oxygens (including phenoxy) is 1. The zero-order chi connectivity index (χ0) is 13.1. The third-order valence-electron chi connectivity index (χ3n) is 5.04. The first-order valence-electron chi connectivity index (χ1n) is 7.72. The number of hydrogen-bond acceptors (Lipinski definition) is 3. The van der Waals surface area contributed by atoms with E-state index in [1.165, 1.54) is 43.4 Å². The van der Waals surface area contributed by atoms with Crippen LogP contribution in [-0.2, 0) is 11.3 Å². The maximum atomic E-state index is 6.00. The van der Waals surface area contributed by atoms with Gasteiger partial charge in [-0.05, 0) is 37.6 Å². The van der Waals surface area contributed by atoms with Crippen LogP contribution in [0.25, 0.3) is 0 Å². The molecule has 1 aromatic heterocycles. The van der Waals surface area contributed by atoms with E-state index < -0.39 is 0 Å². The van der Waals surface area contributed by atoms with Crippen molar-refractivity contribution in [1.82, 2.24) is 5.32 Å². The SMILES string of the molecule is CCO[C@@H]1C[C@@H](NCc2cccs2)C12CCCCC2. The smallest absolute Gasteiger partial charge is 0.0661 e. The molecular formula is C16H25NOS. The highest BCUT2D eigenvalue weighted by Gasteiger charge is 2.55. The van der Waals surface area contributed by atoms with Gasteiger partial charge in [0, 0.05) is 29.5 Å². The summed E-state index contributed by atoms with van der Waals surface area (Å²) in [4.78, 5) is 1.45. The standard InChI is InChI=1S/C16H25NOS/c1-2-18-15-11-14(16(15)8-4-3-5-9-16)17-12-13-7-6-10-19-13/h6-7,10,14-15,17H,2-5,8-9,11-12H2,1H3/t14-,15-/m1/s1. The Bertz CT molecular complexity index is 383. The molecule has 3 rings (SSSR count). The third-order valence-corrected chi connectivity index (χ3v) is 5.92. The van der Waals surface area contributed by atoms with E-state index in [0.29, 0.717) is 17.6 Å². The van der Waals surface area contributed by atoms with Gasteiger partial charge in [0.05, 0.1) is 6.10 Å². The topological polar surface area (TPSA) is 21.3 Å². The molecule has 2 aliphatic carbocycles. The van der Waals surface area contributed by atoms with Crippen molar-refractivity contribution in [2.75, 3.05) is 6.61 Å². The second-order valence-electron chi connectivity index (χ2n) is 5.99.